The molecule has 1 aromatic carbocycles. The van der Waals surface area contributed by atoms with E-state index in [1.54, 1.807) is 11.9 Å². The van der Waals surface area contributed by atoms with E-state index >= 15 is 0 Å². The van der Waals surface area contributed by atoms with Gasteiger partial charge in [0.1, 0.15) is 19.6 Å². The van der Waals surface area contributed by atoms with Gasteiger partial charge in [0.2, 0.25) is 0 Å². The fraction of sp³-hybridized carbons (Fsp3) is 0.520. The van der Waals surface area contributed by atoms with Gasteiger partial charge in [-0.1, -0.05) is 26.2 Å². The molecule has 174 valence electrons. The lowest BCUT2D eigenvalue weighted by atomic mass is 9.70. The van der Waals surface area contributed by atoms with E-state index in [2.05, 4.69) is 41.2 Å². The summed E-state index contributed by atoms with van der Waals surface area (Å²) in [5, 5.41) is 9.02. The number of amides is 1. The van der Waals surface area contributed by atoms with Crippen molar-refractivity contribution in [2.24, 2.45) is 5.41 Å². The lowest BCUT2D eigenvalue weighted by molar-refractivity contribution is -0.125. The second-order valence-electron chi connectivity index (χ2n) is 10.3. The van der Waals surface area contributed by atoms with Gasteiger partial charge in [0.15, 0.2) is 0 Å². The maximum Gasteiger partial charge on any atom is 0.252 e. The Balaban J connectivity index is 1.30. The summed E-state index contributed by atoms with van der Waals surface area (Å²) < 4.78 is 11.4. The maximum atomic E-state index is 12.7. The molecule has 5 rings (SSSR count). The number of benzene rings is 1. The van der Waals surface area contributed by atoms with Crippen molar-refractivity contribution < 1.29 is 14.3 Å². The van der Waals surface area contributed by atoms with Crippen LogP contribution in [0.1, 0.15) is 31.5 Å². The normalized spacial score (nSPS) is 20.2. The molecule has 1 atom stereocenters. The van der Waals surface area contributed by atoms with E-state index in [1.165, 1.54) is 17.7 Å². The highest BCUT2D eigenvalue weighted by Crippen LogP contribution is 2.38. The van der Waals surface area contributed by atoms with E-state index in [0.29, 0.717) is 12.0 Å². The molecular weight excluding hydrogens is 415 g/mol. The van der Waals surface area contributed by atoms with Gasteiger partial charge in [-0.2, -0.15) is 5.10 Å². The third-order valence-corrected chi connectivity index (χ3v) is 7.09. The van der Waals surface area contributed by atoms with E-state index < -0.39 is 0 Å². The minimum absolute atomic E-state index is 0.00338. The minimum atomic E-state index is -0.0608. The lowest BCUT2D eigenvalue weighted by Crippen LogP contribution is -2.32. The number of likely N-dealkylation sites (N-methyl/N-ethyl adjacent to an activating group) is 1. The molecule has 2 aliphatic rings. The number of carbonyl (C=O) groups is 1. The van der Waals surface area contributed by atoms with Crippen molar-refractivity contribution in [1.82, 2.24) is 15.2 Å². The maximum absolute atomic E-state index is 12.7. The Kier molecular flexibility index (Phi) is 6.06. The first-order valence-electron chi connectivity index (χ1n) is 12.0. The quantitative estimate of drug-likeness (QED) is 0.583. The topological polar surface area (TPSA) is 83.2 Å². The Morgan fingerprint density at radius 1 is 1.36 bits per heavy atom. The highest BCUT2D eigenvalue weighted by Gasteiger charge is 2.29. The van der Waals surface area contributed by atoms with Crippen molar-refractivity contribution >= 4 is 29.8 Å². The average Bonchev–Trinajstić information content (AvgIpc) is 3.30. The number of carbonyl (C=O) groups excluding carboxylic acids is 1. The number of nitrogens with one attached hydrogen (secondary N) is 2. The summed E-state index contributed by atoms with van der Waals surface area (Å²) in [5.41, 5.74) is 6.77. The number of nitrogens with zero attached hydrogens (tertiary/aromatic N) is 2. The SMILES string of the molecule is CN(C(=O)COC1CBCCOC1)c1ccc2cc(-c3n[nH]c4c3CCC(C)(C)C4)[nH]c2c1. The first kappa shape index (κ1) is 22.2. The Bertz CT molecular complexity index is 1140. The van der Waals surface area contributed by atoms with Crippen LogP contribution in [0.4, 0.5) is 5.69 Å². The van der Waals surface area contributed by atoms with Crippen molar-refractivity contribution in [2.45, 2.75) is 51.9 Å². The Morgan fingerprint density at radius 3 is 3.12 bits per heavy atom. The monoisotopic (exact) mass is 448 g/mol. The first-order valence-corrected chi connectivity index (χ1v) is 12.0. The first-order chi connectivity index (χ1) is 15.9. The van der Waals surface area contributed by atoms with Crippen LogP contribution in [0, 0.1) is 5.41 Å². The molecule has 7 nitrogen and oxygen atoms in total. The zero-order valence-electron chi connectivity index (χ0n) is 19.9. The van der Waals surface area contributed by atoms with Crippen molar-refractivity contribution in [3.8, 4) is 11.4 Å². The van der Waals surface area contributed by atoms with Crippen molar-refractivity contribution in [3.05, 3.63) is 35.5 Å². The third-order valence-electron chi connectivity index (χ3n) is 7.09. The van der Waals surface area contributed by atoms with Crippen molar-refractivity contribution in [3.63, 3.8) is 0 Å². The molecule has 8 heteroatoms. The lowest BCUT2D eigenvalue weighted by Gasteiger charge is -2.28. The van der Waals surface area contributed by atoms with Crippen LogP contribution >= 0.6 is 0 Å². The van der Waals surface area contributed by atoms with Gasteiger partial charge in [-0.25, -0.2) is 0 Å². The van der Waals surface area contributed by atoms with Gasteiger partial charge in [0.25, 0.3) is 5.91 Å². The van der Waals surface area contributed by atoms with Crippen LogP contribution < -0.4 is 4.90 Å². The molecule has 0 spiro atoms. The summed E-state index contributed by atoms with van der Waals surface area (Å²) in [6.45, 7) is 6.05. The van der Waals surface area contributed by atoms with Crippen LogP contribution in [0.5, 0.6) is 0 Å². The van der Waals surface area contributed by atoms with E-state index in [9.17, 15) is 4.79 Å². The Labute approximate surface area is 195 Å². The molecule has 0 radical (unpaired) electrons. The van der Waals surface area contributed by atoms with Gasteiger partial charge in [-0.15, -0.1) is 0 Å². The molecule has 2 N–H and O–H groups in total. The second kappa shape index (κ2) is 8.99. The van der Waals surface area contributed by atoms with Crippen molar-refractivity contribution in [1.29, 1.82) is 0 Å². The fourth-order valence-corrected chi connectivity index (χ4v) is 4.96. The fourth-order valence-electron chi connectivity index (χ4n) is 4.96. The molecule has 3 aromatic rings. The van der Waals surface area contributed by atoms with Crippen molar-refractivity contribution in [2.75, 3.05) is 31.8 Å². The summed E-state index contributed by atoms with van der Waals surface area (Å²) in [7, 11) is 2.88. The van der Waals surface area contributed by atoms with E-state index in [4.69, 9.17) is 9.47 Å². The predicted octanol–water partition coefficient (Wildman–Crippen LogP) is 3.72. The van der Waals surface area contributed by atoms with Gasteiger partial charge in [-0.05, 0) is 49.2 Å². The molecule has 1 aliphatic carbocycles. The molecule has 3 heterocycles. The number of ether oxygens (including phenoxy) is 2. The van der Waals surface area contributed by atoms with E-state index in [-0.39, 0.29) is 18.6 Å². The minimum Gasteiger partial charge on any atom is -0.380 e. The van der Waals surface area contributed by atoms with Gasteiger partial charge < -0.3 is 19.4 Å². The standard InChI is InChI=1S/C25H33BN4O3/c1-25(2)7-6-19-22(12-25)28-29-24(19)21-10-16-4-5-17(11-20(16)27-21)30(3)23(31)15-33-18-13-26-8-9-32-14-18/h4-5,10-11,18,26-27H,6-9,12-15H2,1-3H3,(H,28,29). The van der Waals surface area contributed by atoms with Gasteiger partial charge >= 0.3 is 0 Å². The molecule has 0 saturated carbocycles. The molecule has 33 heavy (non-hydrogen) atoms. The van der Waals surface area contributed by atoms with Crippen LogP contribution in [-0.2, 0) is 27.1 Å². The molecule has 1 fully saturated rings. The predicted molar refractivity (Wildman–Crippen MR) is 132 cm³/mol. The number of aromatic nitrogens is 3. The van der Waals surface area contributed by atoms with Gasteiger partial charge in [0.05, 0.1) is 18.4 Å². The van der Waals surface area contributed by atoms with E-state index in [0.717, 1.165) is 67.3 Å². The Hall–Kier alpha value is -2.58. The largest absolute Gasteiger partial charge is 0.380 e. The number of fused-ring (bicyclic) bond motifs is 2. The summed E-state index contributed by atoms with van der Waals surface area (Å²) >= 11 is 0. The molecule has 2 aromatic heterocycles. The highest BCUT2D eigenvalue weighted by molar-refractivity contribution is 6.35. The number of rotatable bonds is 5. The molecule has 1 unspecified atom stereocenters. The van der Waals surface area contributed by atoms with Crippen LogP contribution in [0.25, 0.3) is 22.3 Å². The van der Waals surface area contributed by atoms with Gasteiger partial charge in [0, 0.05) is 41.5 Å². The average molecular weight is 448 g/mol. The van der Waals surface area contributed by atoms with E-state index in [1.807, 2.05) is 12.1 Å². The Morgan fingerprint density at radius 2 is 2.24 bits per heavy atom. The number of anilines is 1. The highest BCUT2D eigenvalue weighted by atomic mass is 16.5. The summed E-state index contributed by atoms with van der Waals surface area (Å²) in [5.74, 6) is -0.0608. The number of aromatic amines is 2. The van der Waals surface area contributed by atoms with Crippen LogP contribution in [0.3, 0.4) is 0 Å². The molecule has 0 bridgehead atoms. The second-order valence-corrected chi connectivity index (χ2v) is 10.3. The molecule has 1 amide bonds. The summed E-state index contributed by atoms with van der Waals surface area (Å²) in [4.78, 5) is 17.9. The number of H-pyrrole nitrogens is 2. The summed E-state index contributed by atoms with van der Waals surface area (Å²) in [6, 6.07) is 8.20. The summed E-state index contributed by atoms with van der Waals surface area (Å²) in [6.07, 6.45) is 5.25. The zero-order chi connectivity index (χ0) is 23.0. The third kappa shape index (κ3) is 4.73. The van der Waals surface area contributed by atoms with Crippen LogP contribution in [-0.4, -0.2) is 61.3 Å². The van der Waals surface area contributed by atoms with Gasteiger partial charge in [-0.3, -0.25) is 9.89 Å². The molecule has 1 aliphatic heterocycles. The molecule has 1 saturated heterocycles. The smallest absolute Gasteiger partial charge is 0.252 e. The number of hydrogen-bond acceptors (Lipinski definition) is 4. The van der Waals surface area contributed by atoms with Crippen LogP contribution in [0.15, 0.2) is 24.3 Å². The number of hydrogen-bond donors (Lipinski definition) is 2. The van der Waals surface area contributed by atoms with Crippen LogP contribution in [0.2, 0.25) is 12.6 Å². The zero-order valence-corrected chi connectivity index (χ0v) is 19.9. The molecular formula is C25H33BN4O3.